The van der Waals surface area contributed by atoms with E-state index >= 15 is 0 Å². The number of aliphatic hydroxyl groups is 8. The van der Waals surface area contributed by atoms with Crippen molar-refractivity contribution >= 4 is 11.7 Å². The summed E-state index contributed by atoms with van der Waals surface area (Å²) in [5.41, 5.74) is 5.66. The number of rotatable bonds is 0. The van der Waals surface area contributed by atoms with Crippen LogP contribution in [0.2, 0.25) is 0 Å². The molecule has 0 spiro atoms. The summed E-state index contributed by atoms with van der Waals surface area (Å²) in [4.78, 5) is 19.1. The fourth-order valence-electron chi connectivity index (χ4n) is 12.6. The molecule has 14 heteroatoms. The van der Waals surface area contributed by atoms with Crippen molar-refractivity contribution in [2.75, 3.05) is 6.54 Å². The minimum atomic E-state index is -1.20. The number of fused-ring (bicyclic) bond motifs is 10. The van der Waals surface area contributed by atoms with E-state index in [4.69, 9.17) is 23.9 Å². The third-order valence-corrected chi connectivity index (χ3v) is 16.8. The van der Waals surface area contributed by atoms with Gasteiger partial charge in [0.25, 0.3) is 0 Å². The lowest BCUT2D eigenvalue weighted by atomic mass is 9.55. The van der Waals surface area contributed by atoms with Crippen molar-refractivity contribution in [3.05, 3.63) is 70.9 Å². The highest BCUT2D eigenvalue weighted by Gasteiger charge is 2.49. The van der Waals surface area contributed by atoms with Crippen LogP contribution < -0.4 is 0 Å². The van der Waals surface area contributed by atoms with E-state index in [2.05, 4.69) is 45.6 Å². The zero-order chi connectivity index (χ0) is 50.4. The number of aliphatic imine (C=N–C) groups is 1. The molecular formula is C56H85NO13. The van der Waals surface area contributed by atoms with Gasteiger partial charge in [-0.2, -0.15) is 0 Å². The Morgan fingerprint density at radius 2 is 1.43 bits per heavy atom. The lowest BCUT2D eigenvalue weighted by molar-refractivity contribution is -0.190. The molecule has 6 heterocycles. The van der Waals surface area contributed by atoms with Crippen LogP contribution in [0.4, 0.5) is 0 Å². The molecule has 6 aliphatic heterocycles. The number of aliphatic hydroxyl groups excluding tert-OH is 8. The van der Waals surface area contributed by atoms with E-state index in [1.165, 1.54) is 16.9 Å². The van der Waals surface area contributed by atoms with Gasteiger partial charge < -0.3 is 59.8 Å². The Labute approximate surface area is 415 Å². The van der Waals surface area contributed by atoms with Crippen LogP contribution in [0.5, 0.6) is 0 Å². The van der Waals surface area contributed by atoms with Crippen molar-refractivity contribution < 1.29 is 64.6 Å². The van der Waals surface area contributed by atoms with Gasteiger partial charge >= 0.3 is 5.97 Å². The first-order valence-corrected chi connectivity index (χ1v) is 26.5. The van der Waals surface area contributed by atoms with Gasteiger partial charge in [0.2, 0.25) is 0 Å². The third-order valence-electron chi connectivity index (χ3n) is 16.8. The minimum Gasteiger partial charge on any atom is -0.458 e. The Bertz CT molecular complexity index is 1990. The fraction of sp³-hybridized carbons (Fsp3) is 0.750. The van der Waals surface area contributed by atoms with Crippen LogP contribution in [0.3, 0.4) is 0 Å². The number of esters is 1. The molecule has 0 radical (unpaired) electrons. The number of carbonyl (C=O) groups is 1. The number of nitrogens with zero attached hydrogens (tertiary/aromatic N) is 1. The van der Waals surface area contributed by atoms with Gasteiger partial charge in [0, 0.05) is 42.9 Å². The van der Waals surface area contributed by atoms with Crippen LogP contribution in [0.25, 0.3) is 0 Å². The zero-order valence-corrected chi connectivity index (χ0v) is 42.4. The maximum absolute atomic E-state index is 13.8. The molecule has 3 saturated heterocycles. The molecule has 0 aromatic carbocycles. The number of ether oxygens (including phenoxy) is 4. The summed E-state index contributed by atoms with van der Waals surface area (Å²) in [5, 5.41) is 89.2. The molecule has 0 saturated carbocycles. The average Bonchev–Trinajstić information content (AvgIpc) is 3.67. The summed E-state index contributed by atoms with van der Waals surface area (Å²) < 4.78 is 25.2. The van der Waals surface area contributed by atoms with Gasteiger partial charge in [0.15, 0.2) is 0 Å². The van der Waals surface area contributed by atoms with E-state index in [1.54, 1.807) is 19.1 Å². The van der Waals surface area contributed by atoms with Crippen LogP contribution in [0, 0.1) is 23.2 Å². The summed E-state index contributed by atoms with van der Waals surface area (Å²) >= 11 is 0. The average molecular weight is 980 g/mol. The molecule has 7 rings (SSSR count). The Kier molecular flexibility index (Phi) is 19.2. The molecule has 8 N–H and O–H groups in total. The minimum absolute atomic E-state index is 0.00152. The Morgan fingerprint density at radius 3 is 2.20 bits per heavy atom. The van der Waals surface area contributed by atoms with Crippen molar-refractivity contribution in [2.45, 2.75) is 235 Å². The monoisotopic (exact) mass is 980 g/mol. The molecule has 0 aromatic rings. The summed E-state index contributed by atoms with van der Waals surface area (Å²) in [6.45, 7) is 15.4. The SMILES string of the molecule is C=C1CCCC2OC(CC3=CC4/C(C)=C/CC(C)CC(/C=C(\C)C(O)C5CC(O)C(O)C(CCC(O)/C=C/C(C)=C/CCC6=NCCC(C3)C64C)O5)OC(=O)CC3CC(O)C(O3)C(O)C1)CC(O)C2O. The molecular weight excluding hydrogens is 895 g/mol. The normalized spacial score (nSPS) is 46.4. The molecule has 0 aromatic heterocycles. The number of hydrogen-bond acceptors (Lipinski definition) is 14. The fourth-order valence-corrected chi connectivity index (χ4v) is 12.6. The van der Waals surface area contributed by atoms with Gasteiger partial charge in [-0.25, -0.2) is 0 Å². The summed E-state index contributed by atoms with van der Waals surface area (Å²) in [7, 11) is 0. The van der Waals surface area contributed by atoms with Crippen LogP contribution in [-0.4, -0.2) is 151 Å². The zero-order valence-electron chi connectivity index (χ0n) is 42.4. The van der Waals surface area contributed by atoms with E-state index in [0.29, 0.717) is 56.4 Å². The highest BCUT2D eigenvalue weighted by atomic mass is 16.6. The highest BCUT2D eigenvalue weighted by Crippen LogP contribution is 2.53. The van der Waals surface area contributed by atoms with Crippen molar-refractivity contribution in [1.29, 1.82) is 0 Å². The van der Waals surface area contributed by atoms with Crippen LogP contribution >= 0.6 is 0 Å². The number of allylic oxidation sites excluding steroid dienone is 6. The molecule has 9 bridgehead atoms. The smallest absolute Gasteiger partial charge is 0.309 e. The first-order chi connectivity index (χ1) is 33.3. The predicted octanol–water partition coefficient (Wildman–Crippen LogP) is 5.97. The Hall–Kier alpha value is -2.86. The Morgan fingerprint density at radius 1 is 0.714 bits per heavy atom. The van der Waals surface area contributed by atoms with E-state index in [0.717, 1.165) is 43.4 Å². The van der Waals surface area contributed by atoms with Gasteiger partial charge in [0.05, 0.1) is 67.5 Å². The topological polar surface area (TPSA) is 228 Å². The lowest BCUT2D eigenvalue weighted by Gasteiger charge is -2.50. The molecule has 3 fully saturated rings. The Balaban J connectivity index is 1.24. The van der Waals surface area contributed by atoms with Crippen LogP contribution in [-0.2, 0) is 23.7 Å². The predicted molar refractivity (Wildman–Crippen MR) is 267 cm³/mol. The van der Waals surface area contributed by atoms with Gasteiger partial charge in [0.1, 0.15) is 30.5 Å². The van der Waals surface area contributed by atoms with Crippen molar-refractivity contribution in [2.24, 2.45) is 28.2 Å². The first-order valence-electron chi connectivity index (χ1n) is 26.5. The van der Waals surface area contributed by atoms with Gasteiger partial charge in [-0.05, 0) is 128 Å². The first kappa shape index (κ1) is 54.9. The standard InChI is InChI=1S/C56H85NO13/c1-31-9-8-12-50-56(6)37(19-20-57-50)24-36-25-40-27-43(59)53(65)47(67-40)11-7-10-32(2)22-45(61)55-46(62)28-41(69-55)29-51(63)68-39(21-33(3)13-15-34(4)42(56)26-36)23-35(5)52(64)49-30-44(60)54(66)48(70-49)18-17-38(58)16-14-31/h9,14-16,23,26,33,37-49,52-55,58-62,64-66H,2,7-8,10-13,17-22,24-25,27-30H2,1,3-6H3/b16-14+,31-9+,34-15+,35-23+. The van der Waals surface area contributed by atoms with E-state index in [1.807, 2.05) is 13.0 Å². The quantitative estimate of drug-likeness (QED) is 0.104. The lowest BCUT2D eigenvalue weighted by Crippen LogP contribution is -2.51. The van der Waals surface area contributed by atoms with Crippen molar-refractivity contribution in [3.63, 3.8) is 0 Å². The number of hydrogen-bond donors (Lipinski definition) is 8. The van der Waals surface area contributed by atoms with E-state index in [9.17, 15) is 45.6 Å². The van der Waals surface area contributed by atoms with Crippen LogP contribution in [0.1, 0.15) is 144 Å². The highest BCUT2D eigenvalue weighted by molar-refractivity contribution is 5.92. The third kappa shape index (κ3) is 13.6. The molecule has 19 atom stereocenters. The van der Waals surface area contributed by atoms with Gasteiger partial charge in [-0.1, -0.05) is 73.1 Å². The summed E-state index contributed by atoms with van der Waals surface area (Å²) in [6, 6.07) is 0. The van der Waals surface area contributed by atoms with Crippen molar-refractivity contribution in [1.82, 2.24) is 0 Å². The van der Waals surface area contributed by atoms with Crippen molar-refractivity contribution in [3.8, 4) is 0 Å². The largest absolute Gasteiger partial charge is 0.458 e. The summed E-state index contributed by atoms with van der Waals surface area (Å²) in [5.74, 6) is -0.212. The number of carbonyl (C=O) groups excluding carboxylic acids is 1. The molecule has 1 aliphatic carbocycles. The van der Waals surface area contributed by atoms with E-state index in [-0.39, 0.29) is 61.9 Å². The van der Waals surface area contributed by atoms with Gasteiger partial charge in [-0.15, -0.1) is 0 Å². The molecule has 14 nitrogen and oxygen atoms in total. The second-order valence-corrected chi connectivity index (χ2v) is 22.4. The van der Waals surface area contributed by atoms with Gasteiger partial charge in [-0.3, -0.25) is 9.79 Å². The molecule has 0 amide bonds. The second-order valence-electron chi connectivity index (χ2n) is 22.4. The second kappa shape index (κ2) is 24.4. The van der Waals surface area contributed by atoms with E-state index < -0.39 is 91.4 Å². The molecule has 392 valence electrons. The maximum atomic E-state index is 13.8. The maximum Gasteiger partial charge on any atom is 0.309 e. The van der Waals surface area contributed by atoms with Crippen LogP contribution in [0.15, 0.2) is 75.9 Å². The summed E-state index contributed by atoms with van der Waals surface area (Å²) in [6.07, 6.45) is 6.63. The molecule has 19 unspecified atom stereocenters. The molecule has 70 heavy (non-hydrogen) atoms. The molecule has 7 aliphatic rings.